The molecule has 0 bridgehead atoms. The van der Waals surface area contributed by atoms with Crippen LogP contribution in [0.25, 0.3) is 10.9 Å². The number of hydrogen-bond donors (Lipinski definition) is 0. The molecule has 0 saturated heterocycles. The second-order valence-corrected chi connectivity index (χ2v) is 4.56. The number of benzene rings is 1. The second-order valence-electron chi connectivity index (χ2n) is 4.56. The SMILES string of the molecule is N#Cc1cc(OCCc2ccccn2)nc2ccccc12. The first kappa shape index (κ1) is 13.1. The molecule has 2 aromatic heterocycles. The zero-order valence-corrected chi connectivity index (χ0v) is 11.4. The van der Waals surface area contributed by atoms with Gasteiger partial charge >= 0.3 is 0 Å². The van der Waals surface area contributed by atoms with Gasteiger partial charge in [-0.3, -0.25) is 4.98 Å². The first-order valence-corrected chi connectivity index (χ1v) is 6.69. The first-order chi connectivity index (χ1) is 10.4. The molecule has 0 spiro atoms. The number of hydrogen-bond acceptors (Lipinski definition) is 4. The number of rotatable bonds is 4. The predicted molar refractivity (Wildman–Crippen MR) is 79.9 cm³/mol. The van der Waals surface area contributed by atoms with Crippen LogP contribution in [0.15, 0.2) is 54.7 Å². The largest absolute Gasteiger partial charge is 0.477 e. The zero-order chi connectivity index (χ0) is 14.5. The highest BCUT2D eigenvalue weighted by Gasteiger charge is 2.06. The number of nitriles is 1. The van der Waals surface area contributed by atoms with Gasteiger partial charge in [-0.25, -0.2) is 4.98 Å². The van der Waals surface area contributed by atoms with E-state index in [0.717, 1.165) is 16.6 Å². The summed E-state index contributed by atoms with van der Waals surface area (Å²) >= 11 is 0. The van der Waals surface area contributed by atoms with Crippen molar-refractivity contribution < 1.29 is 4.74 Å². The summed E-state index contributed by atoms with van der Waals surface area (Å²) in [6, 6.07) is 17.2. The zero-order valence-electron chi connectivity index (χ0n) is 11.4. The molecule has 0 atom stereocenters. The predicted octanol–water partition coefficient (Wildman–Crippen LogP) is 3.12. The molecule has 2 heterocycles. The molecular formula is C17H13N3O. The van der Waals surface area contributed by atoms with Gasteiger partial charge < -0.3 is 4.74 Å². The molecule has 0 saturated carbocycles. The van der Waals surface area contributed by atoms with Crippen molar-refractivity contribution in [3.63, 3.8) is 0 Å². The maximum absolute atomic E-state index is 9.22. The molecule has 1 aromatic carbocycles. The van der Waals surface area contributed by atoms with Gasteiger partial charge in [-0.2, -0.15) is 5.26 Å². The van der Waals surface area contributed by atoms with Crippen LogP contribution in [-0.4, -0.2) is 16.6 Å². The molecule has 0 N–H and O–H groups in total. The Labute approximate surface area is 122 Å². The molecule has 0 radical (unpaired) electrons. The topological polar surface area (TPSA) is 58.8 Å². The summed E-state index contributed by atoms with van der Waals surface area (Å²) in [5, 5.41) is 10.1. The minimum atomic E-state index is 0.473. The van der Waals surface area contributed by atoms with Crippen molar-refractivity contribution in [2.45, 2.75) is 6.42 Å². The highest BCUT2D eigenvalue weighted by Crippen LogP contribution is 2.21. The van der Waals surface area contributed by atoms with Crippen LogP contribution in [0.5, 0.6) is 5.88 Å². The summed E-state index contributed by atoms with van der Waals surface area (Å²) in [7, 11) is 0. The van der Waals surface area contributed by atoms with Crippen molar-refractivity contribution in [1.82, 2.24) is 9.97 Å². The molecule has 4 heteroatoms. The van der Waals surface area contributed by atoms with Gasteiger partial charge in [0.25, 0.3) is 0 Å². The molecule has 0 amide bonds. The van der Waals surface area contributed by atoms with E-state index >= 15 is 0 Å². The minimum Gasteiger partial charge on any atom is -0.477 e. The lowest BCUT2D eigenvalue weighted by molar-refractivity contribution is 0.309. The molecule has 102 valence electrons. The normalized spacial score (nSPS) is 10.2. The first-order valence-electron chi connectivity index (χ1n) is 6.69. The van der Waals surface area contributed by atoms with E-state index in [-0.39, 0.29) is 0 Å². The van der Waals surface area contributed by atoms with Gasteiger partial charge in [0.15, 0.2) is 0 Å². The van der Waals surface area contributed by atoms with Gasteiger partial charge in [-0.1, -0.05) is 24.3 Å². The third-order valence-corrected chi connectivity index (χ3v) is 3.15. The van der Waals surface area contributed by atoms with Crippen molar-refractivity contribution in [1.29, 1.82) is 5.26 Å². The van der Waals surface area contributed by atoms with Crippen LogP contribution in [-0.2, 0) is 6.42 Å². The molecule has 0 aliphatic carbocycles. The van der Waals surface area contributed by atoms with Crippen molar-refractivity contribution in [3.8, 4) is 11.9 Å². The summed E-state index contributed by atoms with van der Waals surface area (Å²) in [6.07, 6.45) is 2.47. The number of para-hydroxylation sites is 1. The third-order valence-electron chi connectivity index (χ3n) is 3.15. The molecular weight excluding hydrogens is 262 g/mol. The maximum Gasteiger partial charge on any atom is 0.215 e. The fourth-order valence-corrected chi connectivity index (χ4v) is 2.12. The lowest BCUT2D eigenvalue weighted by atomic mass is 10.1. The lowest BCUT2D eigenvalue weighted by Crippen LogP contribution is -2.04. The van der Waals surface area contributed by atoms with Crippen LogP contribution in [0.3, 0.4) is 0 Å². The van der Waals surface area contributed by atoms with Gasteiger partial charge in [-0.05, 0) is 18.2 Å². The van der Waals surface area contributed by atoms with Crippen molar-refractivity contribution in [2.75, 3.05) is 6.61 Å². The van der Waals surface area contributed by atoms with E-state index in [2.05, 4.69) is 16.0 Å². The molecule has 21 heavy (non-hydrogen) atoms. The number of fused-ring (bicyclic) bond motifs is 1. The highest BCUT2D eigenvalue weighted by molar-refractivity contribution is 5.85. The van der Waals surface area contributed by atoms with Crippen molar-refractivity contribution in [2.24, 2.45) is 0 Å². The molecule has 0 unspecified atom stereocenters. The third kappa shape index (κ3) is 2.98. The molecule has 0 aliphatic heterocycles. The summed E-state index contributed by atoms with van der Waals surface area (Å²) in [5.74, 6) is 0.473. The van der Waals surface area contributed by atoms with E-state index in [9.17, 15) is 5.26 Å². The Balaban J connectivity index is 1.77. The van der Waals surface area contributed by atoms with Crippen molar-refractivity contribution in [3.05, 3.63) is 66.0 Å². The Bertz CT molecular complexity index is 794. The maximum atomic E-state index is 9.22. The van der Waals surface area contributed by atoms with Crippen LogP contribution in [0.4, 0.5) is 0 Å². The monoisotopic (exact) mass is 275 g/mol. The summed E-state index contributed by atoms with van der Waals surface area (Å²) in [5.41, 5.74) is 2.32. The van der Waals surface area contributed by atoms with Gasteiger partial charge in [0, 0.05) is 29.8 Å². The van der Waals surface area contributed by atoms with Crippen LogP contribution in [0.1, 0.15) is 11.3 Å². The van der Waals surface area contributed by atoms with Crippen LogP contribution >= 0.6 is 0 Å². The molecule has 3 aromatic rings. The average molecular weight is 275 g/mol. The number of aromatic nitrogens is 2. The minimum absolute atomic E-state index is 0.473. The fraction of sp³-hybridized carbons (Fsp3) is 0.118. The van der Waals surface area contributed by atoms with Crippen molar-refractivity contribution >= 4 is 10.9 Å². The lowest BCUT2D eigenvalue weighted by Gasteiger charge is -2.07. The quantitative estimate of drug-likeness (QED) is 0.734. The van der Waals surface area contributed by atoms with Gasteiger partial charge in [0.05, 0.1) is 17.7 Å². The van der Waals surface area contributed by atoms with Gasteiger partial charge in [0.2, 0.25) is 5.88 Å². The number of pyridine rings is 2. The smallest absolute Gasteiger partial charge is 0.215 e. The number of nitrogens with zero attached hydrogens (tertiary/aromatic N) is 3. The fourth-order valence-electron chi connectivity index (χ4n) is 2.12. The molecule has 0 fully saturated rings. The number of ether oxygens (including phenoxy) is 1. The van der Waals surface area contributed by atoms with E-state index in [1.807, 2.05) is 42.5 Å². The average Bonchev–Trinajstić information content (AvgIpc) is 2.55. The second kappa shape index (κ2) is 6.02. The molecule has 4 nitrogen and oxygen atoms in total. The van der Waals surface area contributed by atoms with Gasteiger partial charge in [-0.15, -0.1) is 0 Å². The standard InChI is InChI=1S/C17H13N3O/c18-12-13-11-17(20-16-7-2-1-6-15(13)16)21-10-8-14-5-3-4-9-19-14/h1-7,9,11H,8,10H2. The molecule has 0 aliphatic rings. The molecule has 3 rings (SSSR count). The summed E-state index contributed by atoms with van der Waals surface area (Å²) in [4.78, 5) is 8.66. The van der Waals surface area contributed by atoms with Crippen LogP contribution in [0, 0.1) is 11.3 Å². The van der Waals surface area contributed by atoms with E-state index in [1.54, 1.807) is 12.3 Å². The Morgan fingerprint density at radius 2 is 1.95 bits per heavy atom. The Kier molecular flexibility index (Phi) is 3.74. The summed E-state index contributed by atoms with van der Waals surface area (Å²) in [6.45, 7) is 0.479. The van der Waals surface area contributed by atoms with Crippen LogP contribution in [0.2, 0.25) is 0 Å². The summed E-state index contributed by atoms with van der Waals surface area (Å²) < 4.78 is 5.66. The highest BCUT2D eigenvalue weighted by atomic mass is 16.5. The van der Waals surface area contributed by atoms with Crippen LogP contribution < -0.4 is 4.74 Å². The Hall–Kier alpha value is -2.93. The van der Waals surface area contributed by atoms with E-state index in [0.29, 0.717) is 24.5 Å². The van der Waals surface area contributed by atoms with E-state index in [1.165, 1.54) is 0 Å². The Morgan fingerprint density at radius 1 is 1.10 bits per heavy atom. The Morgan fingerprint density at radius 3 is 2.76 bits per heavy atom. The van der Waals surface area contributed by atoms with E-state index < -0.39 is 0 Å². The van der Waals surface area contributed by atoms with Gasteiger partial charge in [0.1, 0.15) is 6.07 Å². The van der Waals surface area contributed by atoms with E-state index in [4.69, 9.17) is 4.74 Å².